The smallest absolute Gasteiger partial charge is 0.0361 e. The van der Waals surface area contributed by atoms with Gasteiger partial charge in [0.15, 0.2) is 0 Å². The number of anilines is 1. The largest absolute Gasteiger partial charge is 0.378 e. The second-order valence-corrected chi connectivity index (χ2v) is 5.32. The summed E-state index contributed by atoms with van der Waals surface area (Å²) < 4.78 is 0. The molecule has 18 heavy (non-hydrogen) atoms. The van der Waals surface area contributed by atoms with E-state index in [2.05, 4.69) is 74.5 Å². The normalized spacial score (nSPS) is 12.8. The first-order valence-corrected chi connectivity index (χ1v) is 6.66. The Hall–Kier alpha value is -1.06. The molecule has 0 aliphatic rings. The quantitative estimate of drug-likeness (QED) is 0.748. The monoisotopic (exact) mass is 249 g/mol. The maximum absolute atomic E-state index is 3.56. The number of hydrogen-bond acceptors (Lipinski definition) is 3. The van der Waals surface area contributed by atoms with Crippen molar-refractivity contribution >= 4 is 5.69 Å². The van der Waals surface area contributed by atoms with E-state index in [0.717, 1.165) is 13.1 Å². The van der Waals surface area contributed by atoms with Crippen LogP contribution in [0.5, 0.6) is 0 Å². The molecule has 0 amide bonds. The molecule has 0 heterocycles. The van der Waals surface area contributed by atoms with Crippen LogP contribution in [0.25, 0.3) is 0 Å². The van der Waals surface area contributed by atoms with Crippen LogP contribution in [0.4, 0.5) is 5.69 Å². The summed E-state index contributed by atoms with van der Waals surface area (Å²) in [6.07, 6.45) is 1.19. The Balaban J connectivity index is 2.39. The van der Waals surface area contributed by atoms with Gasteiger partial charge in [-0.25, -0.2) is 0 Å². The third kappa shape index (κ3) is 5.07. The summed E-state index contributed by atoms with van der Waals surface area (Å²) in [5, 5.41) is 3.56. The number of rotatable bonds is 7. The Morgan fingerprint density at radius 3 is 2.17 bits per heavy atom. The molecular weight excluding hydrogens is 222 g/mol. The van der Waals surface area contributed by atoms with Crippen molar-refractivity contribution in [2.24, 2.45) is 0 Å². The first-order chi connectivity index (χ1) is 8.50. The summed E-state index contributed by atoms with van der Waals surface area (Å²) in [5.74, 6) is 0. The molecule has 1 aromatic rings. The minimum absolute atomic E-state index is 0.420. The zero-order valence-electron chi connectivity index (χ0n) is 12.4. The fourth-order valence-corrected chi connectivity index (χ4v) is 1.89. The van der Waals surface area contributed by atoms with E-state index in [1.54, 1.807) is 0 Å². The predicted molar refractivity (Wildman–Crippen MR) is 80.4 cm³/mol. The molecule has 1 N–H and O–H groups in total. The van der Waals surface area contributed by atoms with Gasteiger partial charge in [-0.2, -0.15) is 0 Å². The van der Waals surface area contributed by atoms with Gasteiger partial charge in [0.25, 0.3) is 0 Å². The average Bonchev–Trinajstić information content (AvgIpc) is 2.34. The Kier molecular flexibility index (Phi) is 6.16. The van der Waals surface area contributed by atoms with Crippen molar-refractivity contribution in [2.45, 2.75) is 19.4 Å². The van der Waals surface area contributed by atoms with Crippen LogP contribution >= 0.6 is 0 Å². The van der Waals surface area contributed by atoms with Gasteiger partial charge in [0.05, 0.1) is 0 Å². The summed E-state index contributed by atoms with van der Waals surface area (Å²) in [7, 11) is 8.36. The van der Waals surface area contributed by atoms with Crippen molar-refractivity contribution in [1.29, 1.82) is 0 Å². The van der Waals surface area contributed by atoms with Crippen molar-refractivity contribution in [3.63, 3.8) is 0 Å². The number of benzene rings is 1. The van der Waals surface area contributed by atoms with Crippen LogP contribution in [0, 0.1) is 0 Å². The maximum Gasteiger partial charge on any atom is 0.0361 e. The fraction of sp³-hybridized carbons (Fsp3) is 0.600. The van der Waals surface area contributed by atoms with Gasteiger partial charge >= 0.3 is 0 Å². The summed E-state index contributed by atoms with van der Waals surface area (Å²) in [5.41, 5.74) is 2.60. The van der Waals surface area contributed by atoms with Gasteiger partial charge in [-0.1, -0.05) is 12.1 Å². The van der Waals surface area contributed by atoms with E-state index in [1.165, 1.54) is 17.7 Å². The van der Waals surface area contributed by atoms with Crippen LogP contribution in [-0.4, -0.2) is 46.2 Å². The second-order valence-electron chi connectivity index (χ2n) is 5.32. The van der Waals surface area contributed by atoms with E-state index in [9.17, 15) is 0 Å². The molecule has 3 nitrogen and oxygen atoms in total. The van der Waals surface area contributed by atoms with Gasteiger partial charge in [-0.15, -0.1) is 0 Å². The lowest BCUT2D eigenvalue weighted by Gasteiger charge is -2.17. The molecule has 0 spiro atoms. The van der Waals surface area contributed by atoms with Crippen LogP contribution in [0.15, 0.2) is 24.3 Å². The third-order valence-corrected chi connectivity index (χ3v) is 3.14. The van der Waals surface area contributed by atoms with Crippen molar-refractivity contribution in [3.8, 4) is 0 Å². The molecule has 1 aromatic carbocycles. The zero-order valence-corrected chi connectivity index (χ0v) is 12.4. The Labute approximate surface area is 112 Å². The van der Waals surface area contributed by atoms with Crippen LogP contribution in [0.2, 0.25) is 0 Å². The topological polar surface area (TPSA) is 18.5 Å². The summed E-state index contributed by atoms with van der Waals surface area (Å²) >= 11 is 0. The number of nitrogens with one attached hydrogen (secondary N) is 1. The van der Waals surface area contributed by atoms with Crippen molar-refractivity contribution in [1.82, 2.24) is 10.2 Å². The molecule has 1 rings (SSSR count). The van der Waals surface area contributed by atoms with E-state index < -0.39 is 0 Å². The molecule has 0 saturated heterocycles. The van der Waals surface area contributed by atoms with Crippen molar-refractivity contribution in [2.75, 3.05) is 46.2 Å². The molecule has 0 aliphatic carbocycles. The van der Waals surface area contributed by atoms with Crippen LogP contribution in [-0.2, 0) is 0 Å². The highest BCUT2D eigenvalue weighted by Gasteiger charge is 2.04. The molecule has 0 aliphatic heterocycles. The number of nitrogens with zero attached hydrogens (tertiary/aromatic N) is 2. The van der Waals surface area contributed by atoms with Gasteiger partial charge in [0.2, 0.25) is 0 Å². The van der Waals surface area contributed by atoms with Gasteiger partial charge in [0.1, 0.15) is 0 Å². The number of hydrogen-bond donors (Lipinski definition) is 1. The van der Waals surface area contributed by atoms with Gasteiger partial charge in [-0.3, -0.25) is 0 Å². The van der Waals surface area contributed by atoms with E-state index in [0.29, 0.717) is 6.04 Å². The highest BCUT2D eigenvalue weighted by molar-refractivity contribution is 5.46. The van der Waals surface area contributed by atoms with E-state index in [4.69, 9.17) is 0 Å². The highest BCUT2D eigenvalue weighted by atomic mass is 15.1. The fourth-order valence-electron chi connectivity index (χ4n) is 1.89. The Morgan fingerprint density at radius 1 is 1.06 bits per heavy atom. The van der Waals surface area contributed by atoms with E-state index in [-0.39, 0.29) is 0 Å². The summed E-state index contributed by atoms with van der Waals surface area (Å²) in [6.45, 7) is 4.42. The van der Waals surface area contributed by atoms with Crippen molar-refractivity contribution in [3.05, 3.63) is 29.8 Å². The lowest BCUT2D eigenvalue weighted by molar-refractivity contribution is 0.389. The zero-order chi connectivity index (χ0) is 13.5. The second kappa shape index (κ2) is 7.39. The summed E-state index contributed by atoms with van der Waals surface area (Å²) in [4.78, 5) is 4.34. The Bertz CT molecular complexity index is 330. The predicted octanol–water partition coefficient (Wildman–Crippen LogP) is 2.35. The minimum atomic E-state index is 0.420. The summed E-state index contributed by atoms with van der Waals surface area (Å²) in [6, 6.07) is 9.18. The highest BCUT2D eigenvalue weighted by Crippen LogP contribution is 2.17. The van der Waals surface area contributed by atoms with E-state index in [1.807, 2.05) is 0 Å². The molecular formula is C15H27N3. The van der Waals surface area contributed by atoms with Crippen LogP contribution in [0.1, 0.15) is 24.9 Å². The molecule has 0 radical (unpaired) electrons. The van der Waals surface area contributed by atoms with E-state index >= 15 is 0 Å². The molecule has 0 fully saturated rings. The molecule has 102 valence electrons. The molecule has 1 atom stereocenters. The van der Waals surface area contributed by atoms with Gasteiger partial charge in [0, 0.05) is 25.8 Å². The van der Waals surface area contributed by atoms with Gasteiger partial charge in [-0.05, 0) is 58.2 Å². The average molecular weight is 249 g/mol. The lowest BCUT2D eigenvalue weighted by atomic mass is 10.1. The van der Waals surface area contributed by atoms with Crippen molar-refractivity contribution < 1.29 is 0 Å². The molecule has 1 unspecified atom stereocenters. The molecule has 0 bridgehead atoms. The first kappa shape index (κ1) is 15.0. The van der Waals surface area contributed by atoms with Gasteiger partial charge < -0.3 is 15.1 Å². The standard InChI is InChI=1S/C15H27N3/c1-13(16-11-6-12-17(2)3)14-7-9-15(10-8-14)18(4)5/h7-10,13,16H,6,11-12H2,1-5H3. The lowest BCUT2D eigenvalue weighted by Crippen LogP contribution is -2.23. The SMILES string of the molecule is CC(NCCCN(C)C)c1ccc(N(C)C)cc1. The Morgan fingerprint density at radius 2 is 1.67 bits per heavy atom. The van der Waals surface area contributed by atoms with Crippen LogP contribution in [0.3, 0.4) is 0 Å². The molecule has 0 aromatic heterocycles. The third-order valence-electron chi connectivity index (χ3n) is 3.14. The maximum atomic E-state index is 3.56. The molecule has 3 heteroatoms. The minimum Gasteiger partial charge on any atom is -0.378 e. The first-order valence-electron chi connectivity index (χ1n) is 6.66. The molecule has 0 saturated carbocycles. The van der Waals surface area contributed by atoms with Crippen LogP contribution < -0.4 is 10.2 Å².